The van der Waals surface area contributed by atoms with Gasteiger partial charge in [0, 0.05) is 6.54 Å². The Labute approximate surface area is 175 Å². The van der Waals surface area contributed by atoms with Gasteiger partial charge in [-0.2, -0.15) is 4.72 Å². The molecule has 1 atom stereocenters. The summed E-state index contributed by atoms with van der Waals surface area (Å²) in [5, 5.41) is 5.90. The molecule has 30 heavy (non-hydrogen) atoms. The Kier molecular flexibility index (Phi) is 8.42. The third-order valence-electron chi connectivity index (χ3n) is 4.49. The van der Waals surface area contributed by atoms with Crippen molar-refractivity contribution < 1.29 is 22.8 Å². The third-order valence-corrected chi connectivity index (χ3v) is 5.98. The van der Waals surface area contributed by atoms with Crippen molar-refractivity contribution in [1.29, 1.82) is 0 Å². The molecule has 2 amide bonds. The molecule has 166 valence electrons. The summed E-state index contributed by atoms with van der Waals surface area (Å²) in [6.45, 7) is 2.40. The molecule has 0 radical (unpaired) electrons. The minimum absolute atomic E-state index is 0.0663. The highest BCUT2D eigenvalue weighted by Gasteiger charge is 2.33. The summed E-state index contributed by atoms with van der Waals surface area (Å²) in [5.74, 6) is -1.05. The van der Waals surface area contributed by atoms with Gasteiger partial charge in [-0.1, -0.05) is 19.1 Å². The summed E-state index contributed by atoms with van der Waals surface area (Å²) < 4.78 is 27.7. The van der Waals surface area contributed by atoms with E-state index in [1.165, 1.54) is 17.0 Å². The molecule has 0 spiro atoms. The van der Waals surface area contributed by atoms with Crippen molar-refractivity contribution in [2.24, 2.45) is 16.6 Å². The van der Waals surface area contributed by atoms with Gasteiger partial charge in [-0.3, -0.25) is 9.59 Å². The van der Waals surface area contributed by atoms with Crippen LogP contribution in [0.3, 0.4) is 0 Å². The second-order valence-corrected chi connectivity index (χ2v) is 8.49. The number of guanidine groups is 1. The number of rotatable bonds is 10. The number of carbonyl (C=O) groups excluding carboxylic acids is 2. The van der Waals surface area contributed by atoms with Crippen molar-refractivity contribution >= 4 is 27.8 Å². The SMILES string of the molecule is CCc1ccc(S(=O)(=O)N[C@H]2CCCN(CC(=O)NCCON=C(N)N)C2=O)cc1. The molecule has 12 heteroatoms. The van der Waals surface area contributed by atoms with E-state index < -0.39 is 27.9 Å². The number of sulfonamides is 1. The van der Waals surface area contributed by atoms with E-state index in [1.807, 2.05) is 6.92 Å². The summed E-state index contributed by atoms with van der Waals surface area (Å²) in [6, 6.07) is 5.61. The van der Waals surface area contributed by atoms with E-state index in [0.29, 0.717) is 19.4 Å². The maximum atomic E-state index is 12.7. The molecule has 2 rings (SSSR count). The van der Waals surface area contributed by atoms with Crippen LogP contribution in [-0.2, 0) is 30.9 Å². The molecule has 1 saturated heterocycles. The van der Waals surface area contributed by atoms with Gasteiger partial charge >= 0.3 is 0 Å². The number of nitrogens with two attached hydrogens (primary N) is 2. The lowest BCUT2D eigenvalue weighted by molar-refractivity contribution is -0.139. The molecule has 1 heterocycles. The summed E-state index contributed by atoms with van der Waals surface area (Å²) in [7, 11) is -3.84. The topological polar surface area (TPSA) is 169 Å². The largest absolute Gasteiger partial charge is 0.391 e. The third kappa shape index (κ3) is 6.88. The van der Waals surface area contributed by atoms with Crippen LogP contribution in [0.15, 0.2) is 34.3 Å². The number of hydrogen-bond acceptors (Lipinski definition) is 6. The van der Waals surface area contributed by atoms with E-state index in [0.717, 1.165) is 12.0 Å². The summed E-state index contributed by atoms with van der Waals surface area (Å²) >= 11 is 0. The first kappa shape index (κ1) is 23.4. The molecule has 0 aliphatic carbocycles. The number of likely N-dealkylation sites (tertiary alicyclic amines) is 1. The van der Waals surface area contributed by atoms with Crippen LogP contribution in [0.1, 0.15) is 25.3 Å². The fraction of sp³-hybridized carbons (Fsp3) is 0.500. The Bertz CT molecular complexity index is 868. The first-order chi connectivity index (χ1) is 14.2. The molecule has 0 unspecified atom stereocenters. The van der Waals surface area contributed by atoms with Gasteiger partial charge in [0.25, 0.3) is 0 Å². The van der Waals surface area contributed by atoms with Gasteiger partial charge < -0.3 is 26.5 Å². The number of piperidine rings is 1. The normalized spacial score (nSPS) is 16.8. The Hall–Kier alpha value is -2.86. The van der Waals surface area contributed by atoms with Crippen LogP contribution in [0, 0.1) is 0 Å². The van der Waals surface area contributed by atoms with Crippen LogP contribution in [-0.4, -0.2) is 63.4 Å². The van der Waals surface area contributed by atoms with Crippen LogP contribution in [0.2, 0.25) is 0 Å². The van der Waals surface area contributed by atoms with Crippen LogP contribution in [0.4, 0.5) is 0 Å². The molecule has 1 aliphatic rings. The second-order valence-electron chi connectivity index (χ2n) is 6.77. The molecule has 0 aromatic heterocycles. The van der Waals surface area contributed by atoms with Crippen LogP contribution in [0.5, 0.6) is 0 Å². The van der Waals surface area contributed by atoms with Gasteiger partial charge in [-0.25, -0.2) is 8.42 Å². The number of carbonyl (C=O) groups is 2. The predicted octanol–water partition coefficient (Wildman–Crippen LogP) is -1.16. The molecular weight excluding hydrogens is 412 g/mol. The summed E-state index contributed by atoms with van der Waals surface area (Å²) in [5.41, 5.74) is 11.2. The minimum atomic E-state index is -3.84. The van der Waals surface area contributed by atoms with Gasteiger partial charge in [-0.05, 0) is 42.1 Å². The average Bonchev–Trinajstić information content (AvgIpc) is 2.70. The number of oxime groups is 1. The summed E-state index contributed by atoms with van der Waals surface area (Å²) in [4.78, 5) is 30.9. The minimum Gasteiger partial charge on any atom is -0.391 e. The molecular formula is C18H28N6O5S. The Morgan fingerprint density at radius 3 is 2.63 bits per heavy atom. The first-order valence-electron chi connectivity index (χ1n) is 9.60. The fourth-order valence-electron chi connectivity index (χ4n) is 2.95. The van der Waals surface area contributed by atoms with Crippen molar-refractivity contribution in [3.05, 3.63) is 29.8 Å². The number of hydrogen-bond donors (Lipinski definition) is 4. The van der Waals surface area contributed by atoms with Gasteiger partial charge in [0.1, 0.15) is 12.6 Å². The Balaban J connectivity index is 1.89. The van der Waals surface area contributed by atoms with Gasteiger partial charge in [0.2, 0.25) is 27.8 Å². The first-order valence-corrected chi connectivity index (χ1v) is 11.1. The maximum absolute atomic E-state index is 12.7. The monoisotopic (exact) mass is 440 g/mol. The van der Waals surface area contributed by atoms with Crippen molar-refractivity contribution in [3.8, 4) is 0 Å². The van der Waals surface area contributed by atoms with Crippen molar-refractivity contribution in [1.82, 2.24) is 14.9 Å². The molecule has 1 aromatic rings. The molecule has 1 aliphatic heterocycles. The van der Waals surface area contributed by atoms with E-state index in [-0.39, 0.29) is 30.6 Å². The van der Waals surface area contributed by atoms with Crippen LogP contribution in [0.25, 0.3) is 0 Å². The number of amides is 2. The van der Waals surface area contributed by atoms with E-state index in [4.69, 9.17) is 16.3 Å². The van der Waals surface area contributed by atoms with Crippen molar-refractivity contribution in [2.45, 2.75) is 37.1 Å². The van der Waals surface area contributed by atoms with Gasteiger partial charge in [0.15, 0.2) is 0 Å². The number of nitrogens with zero attached hydrogens (tertiary/aromatic N) is 2. The van der Waals surface area contributed by atoms with E-state index in [9.17, 15) is 18.0 Å². The van der Waals surface area contributed by atoms with Crippen molar-refractivity contribution in [3.63, 3.8) is 0 Å². The number of benzene rings is 1. The summed E-state index contributed by atoms with van der Waals surface area (Å²) in [6.07, 6.45) is 1.75. The maximum Gasteiger partial charge on any atom is 0.241 e. The molecule has 0 bridgehead atoms. The molecule has 11 nitrogen and oxygen atoms in total. The highest BCUT2D eigenvalue weighted by atomic mass is 32.2. The number of aryl methyl sites for hydroxylation is 1. The average molecular weight is 441 g/mol. The second kappa shape index (κ2) is 10.8. The Morgan fingerprint density at radius 2 is 2.00 bits per heavy atom. The van der Waals surface area contributed by atoms with Crippen LogP contribution >= 0.6 is 0 Å². The lowest BCUT2D eigenvalue weighted by Gasteiger charge is -2.32. The molecule has 6 N–H and O–H groups in total. The van der Waals surface area contributed by atoms with E-state index in [2.05, 4.69) is 15.2 Å². The zero-order valence-corrected chi connectivity index (χ0v) is 17.7. The quantitative estimate of drug-likeness (QED) is 0.154. The highest BCUT2D eigenvalue weighted by Crippen LogP contribution is 2.16. The highest BCUT2D eigenvalue weighted by molar-refractivity contribution is 7.89. The van der Waals surface area contributed by atoms with Crippen molar-refractivity contribution in [2.75, 3.05) is 26.2 Å². The van der Waals surface area contributed by atoms with Gasteiger partial charge in [-0.15, -0.1) is 0 Å². The Morgan fingerprint density at radius 1 is 1.30 bits per heavy atom. The van der Waals surface area contributed by atoms with E-state index in [1.54, 1.807) is 12.1 Å². The number of nitrogens with one attached hydrogen (secondary N) is 2. The smallest absolute Gasteiger partial charge is 0.241 e. The zero-order valence-electron chi connectivity index (χ0n) is 16.8. The molecule has 1 fully saturated rings. The lowest BCUT2D eigenvalue weighted by Crippen LogP contribution is -2.54. The lowest BCUT2D eigenvalue weighted by atomic mass is 10.1. The predicted molar refractivity (Wildman–Crippen MR) is 111 cm³/mol. The zero-order chi connectivity index (χ0) is 22.1. The molecule has 0 saturated carbocycles. The fourth-order valence-corrected chi connectivity index (χ4v) is 4.18. The van der Waals surface area contributed by atoms with Gasteiger partial charge in [0.05, 0.1) is 18.0 Å². The van der Waals surface area contributed by atoms with E-state index >= 15 is 0 Å². The molecule has 1 aromatic carbocycles. The van der Waals surface area contributed by atoms with Crippen LogP contribution < -0.4 is 21.5 Å². The standard InChI is InChI=1S/C18H28N6O5S/c1-2-13-5-7-14(8-6-13)30(27,28)23-15-4-3-10-24(17(15)26)12-16(25)21-9-11-29-22-18(19)20/h5-8,15,23H,2-4,9-12H2,1H3,(H,21,25)(H4,19,20,22)/t15-/m0/s1.